The molecule has 2 fully saturated rings. The molecule has 3 aromatic carbocycles. The number of carbonyl (C=O) groups is 3. The topological polar surface area (TPSA) is 130 Å². The molecular weight excluding hydrogens is 510 g/mol. The zero-order valence-electron chi connectivity index (χ0n) is 22.6. The number of non-ortho nitro benzene ring substituents is 1. The summed E-state index contributed by atoms with van der Waals surface area (Å²) in [6.45, 7) is 5.81. The van der Waals surface area contributed by atoms with Crippen molar-refractivity contribution in [1.29, 1.82) is 0 Å². The van der Waals surface area contributed by atoms with Gasteiger partial charge in [0, 0.05) is 24.6 Å². The summed E-state index contributed by atoms with van der Waals surface area (Å²) >= 11 is 0. The smallest absolute Gasteiger partial charge is 0.325 e. The second-order valence-corrected chi connectivity index (χ2v) is 10.5. The van der Waals surface area contributed by atoms with Crippen LogP contribution in [0.3, 0.4) is 0 Å². The summed E-state index contributed by atoms with van der Waals surface area (Å²) < 4.78 is 0. The maximum Gasteiger partial charge on any atom is 0.325 e. The van der Waals surface area contributed by atoms with Crippen LogP contribution in [0.15, 0.2) is 66.7 Å². The Bertz CT molecular complexity index is 1500. The Labute approximate surface area is 232 Å². The summed E-state index contributed by atoms with van der Waals surface area (Å²) in [6.07, 6.45) is 1.07. The van der Waals surface area contributed by atoms with E-state index >= 15 is 0 Å². The van der Waals surface area contributed by atoms with Crippen molar-refractivity contribution >= 4 is 29.2 Å². The number of carbonyl (C=O) groups excluding carboxylic acids is 2. The fourth-order valence-corrected chi connectivity index (χ4v) is 6.42. The van der Waals surface area contributed by atoms with E-state index < -0.39 is 46.1 Å². The lowest BCUT2D eigenvalue weighted by molar-refractivity contribution is -0.384. The highest BCUT2D eigenvalue weighted by Gasteiger charge is 2.69. The molecule has 4 unspecified atom stereocenters. The van der Waals surface area contributed by atoms with Crippen molar-refractivity contribution < 1.29 is 24.4 Å². The largest absolute Gasteiger partial charge is 0.480 e. The molecule has 4 atom stereocenters. The van der Waals surface area contributed by atoms with Crippen LogP contribution >= 0.6 is 0 Å². The van der Waals surface area contributed by atoms with Gasteiger partial charge < -0.3 is 5.11 Å². The lowest BCUT2D eigenvalue weighted by atomic mass is 9.76. The number of nitro groups is 1. The molecule has 206 valence electrons. The van der Waals surface area contributed by atoms with Gasteiger partial charge in [-0.1, -0.05) is 68.4 Å². The second-order valence-electron chi connectivity index (χ2n) is 10.5. The van der Waals surface area contributed by atoms with Crippen molar-refractivity contribution in [3.63, 3.8) is 0 Å². The predicted molar refractivity (Wildman–Crippen MR) is 149 cm³/mol. The van der Waals surface area contributed by atoms with Gasteiger partial charge in [0.2, 0.25) is 11.8 Å². The van der Waals surface area contributed by atoms with Gasteiger partial charge in [0.15, 0.2) is 0 Å². The number of hydrogen-bond acceptors (Lipinski definition) is 6. The number of nitrogens with one attached hydrogen (secondary N) is 1. The minimum Gasteiger partial charge on any atom is -0.480 e. The third-order valence-corrected chi connectivity index (χ3v) is 8.38. The van der Waals surface area contributed by atoms with Crippen LogP contribution in [0.2, 0.25) is 0 Å². The highest BCUT2D eigenvalue weighted by Crippen LogP contribution is 2.52. The van der Waals surface area contributed by atoms with E-state index in [2.05, 4.69) is 5.32 Å². The Balaban J connectivity index is 1.69. The molecule has 2 amide bonds. The van der Waals surface area contributed by atoms with Gasteiger partial charge in [-0.05, 0) is 47.6 Å². The van der Waals surface area contributed by atoms with E-state index in [1.54, 1.807) is 0 Å². The number of rotatable bonds is 8. The first-order valence-corrected chi connectivity index (χ1v) is 13.4. The number of carboxylic acids is 1. The molecule has 0 aliphatic carbocycles. The van der Waals surface area contributed by atoms with E-state index in [1.807, 2.05) is 63.2 Å². The van der Waals surface area contributed by atoms with Gasteiger partial charge >= 0.3 is 5.97 Å². The zero-order chi connectivity index (χ0) is 28.8. The Morgan fingerprint density at radius 3 is 2.15 bits per heavy atom. The molecule has 2 aliphatic heterocycles. The normalized spacial score (nSPS) is 23.9. The predicted octanol–water partition coefficient (Wildman–Crippen LogP) is 4.54. The molecular formula is C31H31N3O6. The Morgan fingerprint density at radius 2 is 1.60 bits per heavy atom. The van der Waals surface area contributed by atoms with E-state index in [4.69, 9.17) is 0 Å². The number of hydrogen-bond donors (Lipinski definition) is 2. The molecule has 40 heavy (non-hydrogen) atoms. The van der Waals surface area contributed by atoms with Gasteiger partial charge in [-0.25, -0.2) is 4.90 Å². The molecule has 0 spiro atoms. The Morgan fingerprint density at radius 1 is 0.975 bits per heavy atom. The highest BCUT2D eigenvalue weighted by molar-refractivity contribution is 6.25. The van der Waals surface area contributed by atoms with Crippen LogP contribution in [0.25, 0.3) is 0 Å². The van der Waals surface area contributed by atoms with Crippen LogP contribution in [0.1, 0.15) is 47.7 Å². The molecule has 0 bridgehead atoms. The quantitative estimate of drug-likeness (QED) is 0.243. The number of carboxylic acid groups (broad SMARTS) is 1. The number of amides is 2. The van der Waals surface area contributed by atoms with Crippen LogP contribution in [0.4, 0.5) is 11.4 Å². The van der Waals surface area contributed by atoms with Crippen LogP contribution in [0.5, 0.6) is 0 Å². The van der Waals surface area contributed by atoms with E-state index in [1.165, 1.54) is 29.2 Å². The molecule has 2 N–H and O–H groups in total. The number of benzene rings is 3. The van der Waals surface area contributed by atoms with Crippen molar-refractivity contribution in [1.82, 2.24) is 5.32 Å². The Kier molecular flexibility index (Phi) is 7.01. The summed E-state index contributed by atoms with van der Waals surface area (Å²) in [7, 11) is 0. The molecule has 0 radical (unpaired) electrons. The fourth-order valence-electron chi connectivity index (χ4n) is 6.42. The number of nitrogens with zero attached hydrogens (tertiary/aromatic N) is 2. The van der Waals surface area contributed by atoms with E-state index in [0.29, 0.717) is 24.1 Å². The highest BCUT2D eigenvalue weighted by atomic mass is 16.6. The maximum absolute atomic E-state index is 14.4. The average Bonchev–Trinajstić information content (AvgIpc) is 3.42. The first kappa shape index (κ1) is 27.2. The SMILES string of the molecule is CCc1cccc(CC)c1N1C(=O)C2C(c3ccccc3C)NC(Cc3ccc([N+](=O)[O-])cc3)(C(=O)O)C2C1=O. The Hall–Kier alpha value is -4.37. The van der Waals surface area contributed by atoms with Crippen LogP contribution < -0.4 is 10.2 Å². The summed E-state index contributed by atoms with van der Waals surface area (Å²) in [6, 6.07) is 18.0. The van der Waals surface area contributed by atoms with Crippen LogP contribution in [-0.4, -0.2) is 33.4 Å². The first-order chi connectivity index (χ1) is 19.1. The summed E-state index contributed by atoms with van der Waals surface area (Å²) in [5.41, 5.74) is 2.44. The third-order valence-electron chi connectivity index (χ3n) is 8.38. The summed E-state index contributed by atoms with van der Waals surface area (Å²) in [5.74, 6) is -4.35. The summed E-state index contributed by atoms with van der Waals surface area (Å²) in [5, 5.41) is 25.2. The average molecular weight is 542 g/mol. The van der Waals surface area contributed by atoms with Gasteiger partial charge in [0.1, 0.15) is 5.54 Å². The van der Waals surface area contributed by atoms with Gasteiger partial charge in [0.25, 0.3) is 5.69 Å². The number of fused-ring (bicyclic) bond motifs is 1. The van der Waals surface area contributed by atoms with Crippen molar-refractivity contribution in [2.75, 3.05) is 4.90 Å². The molecule has 0 saturated carbocycles. The number of imide groups is 1. The van der Waals surface area contributed by atoms with Gasteiger partial charge in [-0.15, -0.1) is 0 Å². The van der Waals surface area contributed by atoms with Crippen LogP contribution in [0, 0.1) is 28.9 Å². The van der Waals surface area contributed by atoms with Crippen LogP contribution in [-0.2, 0) is 33.6 Å². The van der Waals surface area contributed by atoms with Crippen molar-refractivity contribution in [2.45, 2.75) is 51.6 Å². The van der Waals surface area contributed by atoms with E-state index in [-0.39, 0.29) is 12.1 Å². The second kappa shape index (κ2) is 10.3. The number of para-hydroxylation sites is 1. The minimum absolute atomic E-state index is 0.121. The molecule has 2 heterocycles. The molecule has 2 saturated heterocycles. The first-order valence-electron chi connectivity index (χ1n) is 13.4. The lowest BCUT2D eigenvalue weighted by Gasteiger charge is -2.32. The lowest BCUT2D eigenvalue weighted by Crippen LogP contribution is -2.57. The number of anilines is 1. The minimum atomic E-state index is -1.82. The maximum atomic E-state index is 14.4. The van der Waals surface area contributed by atoms with E-state index in [0.717, 1.165) is 22.3 Å². The van der Waals surface area contributed by atoms with Gasteiger partial charge in [-0.3, -0.25) is 29.8 Å². The third kappa shape index (κ3) is 4.17. The number of nitro benzene ring substituents is 1. The molecule has 9 nitrogen and oxygen atoms in total. The molecule has 3 aromatic rings. The van der Waals surface area contributed by atoms with Crippen molar-refractivity contribution in [3.8, 4) is 0 Å². The van der Waals surface area contributed by atoms with Crippen molar-refractivity contribution in [2.24, 2.45) is 11.8 Å². The molecule has 0 aromatic heterocycles. The van der Waals surface area contributed by atoms with E-state index in [9.17, 15) is 29.6 Å². The van der Waals surface area contributed by atoms with Gasteiger partial charge in [0.05, 0.1) is 22.4 Å². The molecule has 9 heteroatoms. The monoisotopic (exact) mass is 541 g/mol. The standard InChI is InChI=1S/C31H31N3O6/c1-4-20-10-8-11-21(5-2)27(20)33-28(35)24-25(29(33)36)31(30(37)38,17-19-13-15-22(16-14-19)34(39)40)32-26(24)23-12-7-6-9-18(23)3/h6-16,24-26,32H,4-5,17H2,1-3H3,(H,37,38). The zero-order valence-corrected chi connectivity index (χ0v) is 22.6. The van der Waals surface area contributed by atoms with Gasteiger partial charge in [-0.2, -0.15) is 0 Å². The van der Waals surface area contributed by atoms with Crippen molar-refractivity contribution in [3.05, 3.63) is 105 Å². The molecule has 5 rings (SSSR count). The summed E-state index contributed by atoms with van der Waals surface area (Å²) in [4.78, 5) is 53.7. The number of aliphatic carboxylic acids is 1. The number of aryl methyl sites for hydroxylation is 3. The molecule has 2 aliphatic rings. The fraction of sp³-hybridized carbons (Fsp3) is 0.323.